The van der Waals surface area contributed by atoms with E-state index in [0.717, 1.165) is 10.7 Å². The second kappa shape index (κ2) is 4.21. The van der Waals surface area contributed by atoms with Crippen LogP contribution in [0.4, 0.5) is 0 Å². The van der Waals surface area contributed by atoms with Crippen molar-refractivity contribution in [3.05, 3.63) is 16.1 Å². The molecule has 0 aliphatic carbocycles. The summed E-state index contributed by atoms with van der Waals surface area (Å²) in [6.07, 6.45) is 0.722. The molecule has 16 heavy (non-hydrogen) atoms. The van der Waals surface area contributed by atoms with Gasteiger partial charge in [-0.1, -0.05) is 0 Å². The number of hydrogen-bond donors (Lipinski definition) is 1. The molecule has 1 N–H and O–H groups in total. The summed E-state index contributed by atoms with van der Waals surface area (Å²) in [5.41, 5.74) is 0.901. The normalized spacial score (nSPS) is 20.4. The third-order valence-corrected chi connectivity index (χ3v) is 3.54. The number of carbonyl (C=O) groups excluding carboxylic acids is 1. The summed E-state index contributed by atoms with van der Waals surface area (Å²) >= 11 is 1.45. The molecule has 6 heteroatoms. The zero-order chi connectivity index (χ0) is 11.7. The summed E-state index contributed by atoms with van der Waals surface area (Å²) in [6, 6.07) is -0.684. The van der Waals surface area contributed by atoms with Crippen LogP contribution in [-0.2, 0) is 16.1 Å². The molecule has 1 unspecified atom stereocenters. The molecule has 0 saturated carbocycles. The van der Waals surface area contributed by atoms with E-state index in [4.69, 9.17) is 5.11 Å². The van der Waals surface area contributed by atoms with Crippen molar-refractivity contribution in [3.63, 3.8) is 0 Å². The lowest BCUT2D eigenvalue weighted by Gasteiger charge is -2.19. The summed E-state index contributed by atoms with van der Waals surface area (Å²) in [4.78, 5) is 28.1. The fourth-order valence-corrected chi connectivity index (χ4v) is 2.58. The molecule has 0 bridgehead atoms. The first kappa shape index (κ1) is 11.1. The Kier molecular flexibility index (Phi) is 2.91. The average molecular weight is 240 g/mol. The minimum atomic E-state index is -0.931. The number of aromatic nitrogens is 1. The molecule has 0 aromatic carbocycles. The Hall–Kier alpha value is -1.43. The maximum Gasteiger partial charge on any atom is 0.326 e. The first-order chi connectivity index (χ1) is 7.58. The molecule has 5 nitrogen and oxygen atoms in total. The summed E-state index contributed by atoms with van der Waals surface area (Å²) < 4.78 is 0. The Balaban J connectivity index is 2.12. The molecule has 1 atom stereocenters. The largest absolute Gasteiger partial charge is 0.480 e. The van der Waals surface area contributed by atoms with Crippen LogP contribution >= 0.6 is 11.3 Å². The minimum Gasteiger partial charge on any atom is -0.480 e. The molecule has 2 heterocycles. The Labute approximate surface area is 96.7 Å². The van der Waals surface area contributed by atoms with E-state index in [0.29, 0.717) is 19.4 Å². The summed E-state index contributed by atoms with van der Waals surface area (Å²) in [5, 5.41) is 11.7. The standard InChI is InChI=1S/C10H12N2O3S/c1-6-5-16-8(11-6)4-12-7(10(14)15)2-3-9(12)13/h5,7H,2-4H2,1H3,(H,14,15). The third kappa shape index (κ3) is 2.06. The van der Waals surface area contributed by atoms with Gasteiger partial charge >= 0.3 is 5.97 Å². The number of carboxylic acids is 1. The van der Waals surface area contributed by atoms with E-state index in [1.165, 1.54) is 16.2 Å². The third-order valence-electron chi connectivity index (χ3n) is 2.59. The lowest BCUT2D eigenvalue weighted by atomic mass is 10.2. The van der Waals surface area contributed by atoms with Crippen LogP contribution < -0.4 is 0 Å². The van der Waals surface area contributed by atoms with Crippen molar-refractivity contribution in [3.8, 4) is 0 Å². The van der Waals surface area contributed by atoms with Gasteiger partial charge in [0.25, 0.3) is 0 Å². The zero-order valence-corrected chi connectivity index (χ0v) is 9.66. The average Bonchev–Trinajstić information content (AvgIpc) is 2.76. The number of aliphatic carboxylic acids is 1. The van der Waals surface area contributed by atoms with Gasteiger partial charge in [-0.3, -0.25) is 4.79 Å². The number of carboxylic acid groups (broad SMARTS) is 1. The van der Waals surface area contributed by atoms with Crippen LogP contribution in [0.25, 0.3) is 0 Å². The monoisotopic (exact) mass is 240 g/mol. The van der Waals surface area contributed by atoms with Gasteiger partial charge in [0.05, 0.1) is 6.54 Å². The van der Waals surface area contributed by atoms with E-state index in [9.17, 15) is 9.59 Å². The van der Waals surface area contributed by atoms with Gasteiger partial charge in [-0.2, -0.15) is 0 Å². The maximum atomic E-state index is 11.5. The maximum absolute atomic E-state index is 11.5. The number of nitrogens with zero attached hydrogens (tertiary/aromatic N) is 2. The van der Waals surface area contributed by atoms with Crippen LogP contribution in [0, 0.1) is 6.92 Å². The number of aryl methyl sites for hydroxylation is 1. The SMILES string of the molecule is Cc1csc(CN2C(=O)CCC2C(=O)O)n1. The highest BCUT2D eigenvalue weighted by atomic mass is 32.1. The number of thiazole rings is 1. The predicted octanol–water partition coefficient (Wildman–Crippen LogP) is 1.03. The number of hydrogen-bond acceptors (Lipinski definition) is 4. The number of likely N-dealkylation sites (tertiary alicyclic amines) is 1. The molecular formula is C10H12N2O3S. The Bertz CT molecular complexity index is 429. The summed E-state index contributed by atoms with van der Waals surface area (Å²) in [6.45, 7) is 2.19. The van der Waals surface area contributed by atoms with Crippen LogP contribution in [0.1, 0.15) is 23.5 Å². The van der Waals surface area contributed by atoms with Crippen molar-refractivity contribution in [2.75, 3.05) is 0 Å². The van der Waals surface area contributed by atoms with Gasteiger partial charge in [0.15, 0.2) is 0 Å². The van der Waals surface area contributed by atoms with Gasteiger partial charge in [0, 0.05) is 17.5 Å². The van der Waals surface area contributed by atoms with Crippen molar-refractivity contribution < 1.29 is 14.7 Å². The van der Waals surface area contributed by atoms with E-state index in [-0.39, 0.29) is 5.91 Å². The van der Waals surface area contributed by atoms with Gasteiger partial charge in [-0.25, -0.2) is 9.78 Å². The van der Waals surface area contributed by atoms with Crippen molar-refractivity contribution in [2.45, 2.75) is 32.4 Å². The van der Waals surface area contributed by atoms with Crippen LogP contribution in [0.2, 0.25) is 0 Å². The molecule has 1 aromatic rings. The van der Waals surface area contributed by atoms with Gasteiger partial charge < -0.3 is 10.0 Å². The molecular weight excluding hydrogens is 228 g/mol. The Morgan fingerprint density at radius 3 is 3.06 bits per heavy atom. The molecule has 1 saturated heterocycles. The molecule has 1 aromatic heterocycles. The minimum absolute atomic E-state index is 0.0970. The van der Waals surface area contributed by atoms with Crippen molar-refractivity contribution in [2.24, 2.45) is 0 Å². The lowest BCUT2D eigenvalue weighted by molar-refractivity contribution is -0.146. The Morgan fingerprint density at radius 1 is 1.75 bits per heavy atom. The molecule has 1 aliphatic rings. The van der Waals surface area contributed by atoms with Crippen LogP contribution in [-0.4, -0.2) is 32.9 Å². The van der Waals surface area contributed by atoms with E-state index in [1.54, 1.807) is 0 Å². The molecule has 1 fully saturated rings. The van der Waals surface area contributed by atoms with Crippen molar-refractivity contribution >= 4 is 23.2 Å². The second-order valence-corrected chi connectivity index (χ2v) is 4.74. The van der Waals surface area contributed by atoms with Gasteiger partial charge in [-0.05, 0) is 13.3 Å². The van der Waals surface area contributed by atoms with Gasteiger partial charge in [-0.15, -0.1) is 11.3 Å². The summed E-state index contributed by atoms with van der Waals surface area (Å²) in [7, 11) is 0. The molecule has 86 valence electrons. The number of amides is 1. The second-order valence-electron chi connectivity index (χ2n) is 3.80. The highest BCUT2D eigenvalue weighted by molar-refractivity contribution is 7.09. The molecule has 1 aliphatic heterocycles. The Morgan fingerprint density at radius 2 is 2.50 bits per heavy atom. The zero-order valence-electron chi connectivity index (χ0n) is 8.84. The van der Waals surface area contributed by atoms with E-state index >= 15 is 0 Å². The fourth-order valence-electron chi connectivity index (χ4n) is 1.81. The topological polar surface area (TPSA) is 70.5 Å². The first-order valence-electron chi connectivity index (χ1n) is 5.01. The van der Waals surface area contributed by atoms with Crippen LogP contribution in [0.15, 0.2) is 5.38 Å². The van der Waals surface area contributed by atoms with Crippen molar-refractivity contribution in [1.29, 1.82) is 0 Å². The molecule has 0 radical (unpaired) electrons. The fraction of sp³-hybridized carbons (Fsp3) is 0.500. The molecule has 1 amide bonds. The van der Waals surface area contributed by atoms with Crippen LogP contribution in [0.5, 0.6) is 0 Å². The smallest absolute Gasteiger partial charge is 0.326 e. The highest BCUT2D eigenvalue weighted by Crippen LogP contribution is 2.22. The van der Waals surface area contributed by atoms with E-state index in [1.807, 2.05) is 12.3 Å². The number of rotatable bonds is 3. The lowest BCUT2D eigenvalue weighted by Crippen LogP contribution is -2.37. The highest BCUT2D eigenvalue weighted by Gasteiger charge is 2.36. The first-order valence-corrected chi connectivity index (χ1v) is 5.89. The van der Waals surface area contributed by atoms with Gasteiger partial charge in [0.2, 0.25) is 5.91 Å². The van der Waals surface area contributed by atoms with E-state index in [2.05, 4.69) is 4.98 Å². The summed E-state index contributed by atoms with van der Waals surface area (Å²) in [5.74, 6) is -1.03. The van der Waals surface area contributed by atoms with Crippen LogP contribution in [0.3, 0.4) is 0 Å². The number of carbonyl (C=O) groups is 2. The quantitative estimate of drug-likeness (QED) is 0.856. The predicted molar refractivity (Wildman–Crippen MR) is 58.1 cm³/mol. The molecule has 0 spiro atoms. The molecule has 2 rings (SSSR count). The van der Waals surface area contributed by atoms with Gasteiger partial charge in [0.1, 0.15) is 11.0 Å². The van der Waals surface area contributed by atoms with Crippen molar-refractivity contribution in [1.82, 2.24) is 9.88 Å². The van der Waals surface area contributed by atoms with E-state index < -0.39 is 12.0 Å².